The maximum atomic E-state index is 17.6. The standard InChI is InChI=1S/C36H39FO7/c1-33-13-12-26(40)16-25(33)10-11-27-28-17-31-36(30(42)20-39,34(28,2)18-29(41)35(27,33)37)44-32(43-31)24-5-3-4-23(15-24)14-21-6-8-22(19-38)9-7-21/h3-9,12-13,15-16,27-29,31-32,38-39,41H,10-11,14,17-20H2,1-2H3/t27-,28-,29-,31+,32+,33-,34-,35-,36+/m0/s1. The van der Waals surface area contributed by atoms with Crippen molar-refractivity contribution < 1.29 is 38.8 Å². The van der Waals surface area contributed by atoms with Gasteiger partial charge < -0.3 is 24.8 Å². The molecule has 0 spiro atoms. The number of ether oxygens (including phenoxy) is 2. The molecule has 2 aromatic rings. The van der Waals surface area contributed by atoms with E-state index in [9.17, 15) is 24.9 Å². The number of carbonyl (C=O) groups excluding carboxylic acids is 2. The lowest BCUT2D eigenvalue weighted by Crippen LogP contribution is -2.69. The van der Waals surface area contributed by atoms with Crippen molar-refractivity contribution in [3.63, 3.8) is 0 Å². The highest BCUT2D eigenvalue weighted by molar-refractivity contribution is 6.01. The average Bonchev–Trinajstić information content (AvgIpc) is 3.52. The number of hydrogen-bond acceptors (Lipinski definition) is 7. The van der Waals surface area contributed by atoms with Gasteiger partial charge in [-0.2, -0.15) is 0 Å². The van der Waals surface area contributed by atoms with Gasteiger partial charge in [-0.05, 0) is 73.8 Å². The van der Waals surface area contributed by atoms with Crippen LogP contribution in [0.25, 0.3) is 0 Å². The fourth-order valence-electron chi connectivity index (χ4n) is 9.57. The summed E-state index contributed by atoms with van der Waals surface area (Å²) in [5.74, 6) is -1.64. The van der Waals surface area contributed by atoms with Crippen LogP contribution in [0.1, 0.15) is 68.1 Å². The SMILES string of the molecule is C[C@]12C=CC(=O)C=C1CC[C@H]1[C@@H]3C[C@H]4O[C@@H](c5cccc(Cc6ccc(CO)cc6)c5)O[C@@]4(C(=O)CO)[C@@]3(C)C[C@H](O)[C@@]12F. The summed E-state index contributed by atoms with van der Waals surface area (Å²) in [6.07, 6.45) is 3.41. The second-order valence-electron chi connectivity index (χ2n) is 13.8. The number of allylic oxidation sites excluding steroid dienone is 4. The van der Waals surface area contributed by atoms with Gasteiger partial charge in [0.25, 0.3) is 0 Å². The van der Waals surface area contributed by atoms with E-state index in [4.69, 9.17) is 9.47 Å². The van der Waals surface area contributed by atoms with E-state index >= 15 is 4.39 Å². The predicted molar refractivity (Wildman–Crippen MR) is 159 cm³/mol. The van der Waals surface area contributed by atoms with E-state index in [0.29, 0.717) is 31.3 Å². The van der Waals surface area contributed by atoms with Gasteiger partial charge in [-0.3, -0.25) is 9.59 Å². The van der Waals surface area contributed by atoms with E-state index < -0.39 is 58.9 Å². The third-order valence-electron chi connectivity index (χ3n) is 11.8. The number of aliphatic hydroxyl groups excluding tert-OH is 3. The molecule has 9 atom stereocenters. The highest BCUT2D eigenvalue weighted by Crippen LogP contribution is 2.72. The van der Waals surface area contributed by atoms with Crippen LogP contribution < -0.4 is 0 Å². The number of carbonyl (C=O) groups is 2. The van der Waals surface area contributed by atoms with Gasteiger partial charge in [0.05, 0.1) is 18.8 Å². The highest BCUT2D eigenvalue weighted by atomic mass is 19.1. The summed E-state index contributed by atoms with van der Waals surface area (Å²) < 4.78 is 30.8. The maximum Gasteiger partial charge on any atom is 0.193 e. The highest BCUT2D eigenvalue weighted by Gasteiger charge is 2.79. The first-order chi connectivity index (χ1) is 21.0. The molecule has 4 aliphatic carbocycles. The van der Waals surface area contributed by atoms with Gasteiger partial charge >= 0.3 is 0 Å². The number of ketones is 2. The van der Waals surface area contributed by atoms with Crippen molar-refractivity contribution in [1.29, 1.82) is 0 Å². The lowest BCUT2D eigenvalue weighted by molar-refractivity contribution is -0.231. The van der Waals surface area contributed by atoms with E-state index in [1.54, 1.807) is 13.0 Å². The third-order valence-corrected chi connectivity index (χ3v) is 11.8. The number of rotatable bonds is 6. The van der Waals surface area contributed by atoms with Crippen molar-refractivity contribution in [3.05, 3.63) is 94.6 Å². The van der Waals surface area contributed by atoms with Gasteiger partial charge in [0.2, 0.25) is 0 Å². The van der Waals surface area contributed by atoms with Crippen LogP contribution in [0.2, 0.25) is 0 Å². The topological polar surface area (TPSA) is 113 Å². The first kappa shape index (κ1) is 29.7. The molecule has 0 amide bonds. The van der Waals surface area contributed by atoms with Gasteiger partial charge in [0, 0.05) is 22.3 Å². The summed E-state index contributed by atoms with van der Waals surface area (Å²) in [6.45, 7) is 2.89. The zero-order chi connectivity index (χ0) is 31.1. The Bertz CT molecular complexity index is 1570. The molecule has 4 fully saturated rings. The van der Waals surface area contributed by atoms with Gasteiger partial charge in [0.15, 0.2) is 29.1 Å². The van der Waals surface area contributed by atoms with Gasteiger partial charge in [0.1, 0.15) is 6.61 Å². The zero-order valence-corrected chi connectivity index (χ0v) is 25.0. The lowest BCUT2D eigenvalue weighted by Gasteiger charge is -2.62. The molecular formula is C36H39FO7. The number of hydrogen-bond donors (Lipinski definition) is 3. The lowest BCUT2D eigenvalue weighted by atomic mass is 9.44. The number of benzene rings is 2. The Balaban J connectivity index is 1.21. The smallest absolute Gasteiger partial charge is 0.193 e. The Hall–Kier alpha value is -3.01. The minimum absolute atomic E-state index is 0.0130. The van der Waals surface area contributed by atoms with E-state index in [0.717, 1.165) is 22.3 Å². The van der Waals surface area contributed by atoms with E-state index in [1.165, 1.54) is 12.2 Å². The molecular weight excluding hydrogens is 563 g/mol. The molecule has 1 saturated heterocycles. The molecule has 5 aliphatic rings. The number of fused-ring (bicyclic) bond motifs is 7. The van der Waals surface area contributed by atoms with Crippen molar-refractivity contribution in [2.75, 3.05) is 6.61 Å². The first-order valence-corrected chi connectivity index (χ1v) is 15.6. The zero-order valence-electron chi connectivity index (χ0n) is 25.0. The minimum atomic E-state index is -2.04. The monoisotopic (exact) mass is 602 g/mol. The second-order valence-corrected chi connectivity index (χ2v) is 13.8. The molecule has 7 nitrogen and oxygen atoms in total. The molecule has 1 heterocycles. The minimum Gasteiger partial charge on any atom is -0.392 e. The van der Waals surface area contributed by atoms with Crippen LogP contribution >= 0.6 is 0 Å². The van der Waals surface area contributed by atoms with Gasteiger partial charge in [-0.15, -0.1) is 0 Å². The fourth-order valence-corrected chi connectivity index (χ4v) is 9.57. The second kappa shape index (κ2) is 10.3. The Morgan fingerprint density at radius 3 is 2.52 bits per heavy atom. The van der Waals surface area contributed by atoms with Gasteiger partial charge in [-0.25, -0.2) is 4.39 Å². The Morgan fingerprint density at radius 2 is 1.80 bits per heavy atom. The largest absolute Gasteiger partial charge is 0.392 e. The summed E-state index contributed by atoms with van der Waals surface area (Å²) >= 11 is 0. The predicted octanol–water partition coefficient (Wildman–Crippen LogP) is 4.46. The Morgan fingerprint density at radius 1 is 1.05 bits per heavy atom. The molecule has 7 rings (SSSR count). The molecule has 0 bridgehead atoms. The van der Waals surface area contributed by atoms with Crippen molar-refractivity contribution in [1.82, 2.24) is 0 Å². The molecule has 232 valence electrons. The van der Waals surface area contributed by atoms with Crippen LogP contribution in [0.4, 0.5) is 4.39 Å². The number of alkyl halides is 1. The van der Waals surface area contributed by atoms with Gasteiger partial charge in [-0.1, -0.05) is 67.1 Å². The molecule has 3 saturated carbocycles. The van der Waals surface area contributed by atoms with E-state index in [2.05, 4.69) is 0 Å². The van der Waals surface area contributed by atoms with Crippen LogP contribution in [0, 0.1) is 22.7 Å². The van der Waals surface area contributed by atoms with Crippen LogP contribution in [0.3, 0.4) is 0 Å². The molecule has 3 N–H and O–H groups in total. The number of Topliss-reactive ketones (excluding diaryl/α,β-unsaturated/α-hetero) is 1. The maximum absolute atomic E-state index is 17.6. The quantitative estimate of drug-likeness (QED) is 0.448. The Kier molecular flexibility index (Phi) is 6.92. The molecule has 0 aromatic heterocycles. The number of halogens is 1. The summed E-state index contributed by atoms with van der Waals surface area (Å²) in [5.41, 5.74) is -1.35. The van der Waals surface area contributed by atoms with E-state index in [1.807, 2.05) is 55.5 Å². The summed E-state index contributed by atoms with van der Waals surface area (Å²) in [4.78, 5) is 25.9. The van der Waals surface area contributed by atoms with Crippen LogP contribution in [-0.4, -0.2) is 57.0 Å². The molecule has 1 aliphatic heterocycles. The van der Waals surface area contributed by atoms with Crippen LogP contribution in [-0.2, 0) is 32.1 Å². The van der Waals surface area contributed by atoms with Crippen LogP contribution in [0.5, 0.6) is 0 Å². The molecule has 2 aromatic carbocycles. The van der Waals surface area contributed by atoms with Crippen LogP contribution in [0.15, 0.2) is 72.3 Å². The summed E-state index contributed by atoms with van der Waals surface area (Å²) in [5, 5.41) is 31.3. The summed E-state index contributed by atoms with van der Waals surface area (Å²) in [7, 11) is 0. The average molecular weight is 603 g/mol. The third kappa shape index (κ3) is 3.91. The summed E-state index contributed by atoms with van der Waals surface area (Å²) in [6, 6.07) is 15.5. The molecule has 0 radical (unpaired) electrons. The van der Waals surface area contributed by atoms with Crippen molar-refractivity contribution in [3.8, 4) is 0 Å². The van der Waals surface area contributed by atoms with Crippen molar-refractivity contribution >= 4 is 11.6 Å². The Labute approximate surface area is 256 Å². The normalized spacial score (nSPS) is 40.5. The van der Waals surface area contributed by atoms with E-state index in [-0.39, 0.29) is 24.7 Å². The molecule has 8 heteroatoms. The molecule has 0 unspecified atom stereocenters. The van der Waals surface area contributed by atoms with Crippen molar-refractivity contribution in [2.24, 2.45) is 22.7 Å². The fraction of sp³-hybridized carbons (Fsp3) is 0.500. The first-order valence-electron chi connectivity index (χ1n) is 15.6. The van der Waals surface area contributed by atoms with Crippen molar-refractivity contribution in [2.45, 2.75) is 82.3 Å². The molecule has 44 heavy (non-hydrogen) atoms. The number of aliphatic hydroxyl groups is 3.